The number of nitriles is 1. The minimum Gasteiger partial charge on any atom is -0.390 e. The van der Waals surface area contributed by atoms with Crippen molar-refractivity contribution < 1.29 is 14.6 Å². The van der Waals surface area contributed by atoms with Gasteiger partial charge in [0.1, 0.15) is 6.07 Å². The van der Waals surface area contributed by atoms with Crippen LogP contribution in [0.2, 0.25) is 5.02 Å². The Bertz CT molecular complexity index is 609. The van der Waals surface area contributed by atoms with Gasteiger partial charge in [-0.3, -0.25) is 4.79 Å². The third kappa shape index (κ3) is 2.51. The van der Waals surface area contributed by atoms with Crippen molar-refractivity contribution in [2.24, 2.45) is 5.41 Å². The van der Waals surface area contributed by atoms with Gasteiger partial charge in [-0.15, -0.1) is 0 Å². The number of aliphatic hydroxyl groups is 1. The highest BCUT2D eigenvalue weighted by Crippen LogP contribution is 2.39. The molecule has 5 nitrogen and oxygen atoms in total. The molecule has 21 heavy (non-hydrogen) atoms. The van der Waals surface area contributed by atoms with Crippen LogP contribution in [0.4, 0.5) is 5.69 Å². The second-order valence-electron chi connectivity index (χ2n) is 5.64. The van der Waals surface area contributed by atoms with Crippen LogP contribution < -0.4 is 4.90 Å². The lowest BCUT2D eigenvalue weighted by atomic mass is 9.87. The molecular weight excluding hydrogens is 292 g/mol. The number of anilines is 1. The summed E-state index contributed by atoms with van der Waals surface area (Å²) < 4.78 is 5.13. The Labute approximate surface area is 128 Å². The Morgan fingerprint density at radius 3 is 2.71 bits per heavy atom. The van der Waals surface area contributed by atoms with Gasteiger partial charge in [-0.25, -0.2) is 0 Å². The summed E-state index contributed by atoms with van der Waals surface area (Å²) in [5.74, 6) is -0.196. The molecule has 2 atom stereocenters. The van der Waals surface area contributed by atoms with Gasteiger partial charge in [0.15, 0.2) is 0 Å². The Kier molecular flexibility index (Phi) is 4.24. The van der Waals surface area contributed by atoms with Crippen molar-refractivity contribution in [1.29, 1.82) is 5.26 Å². The standard InChI is InChI=1S/C15H17ClN2O3/c1-15(2)13(19)12(8-21-3)18(14(15)20)10-5-4-9(7-17)11(16)6-10/h4-6,12-13,19H,8H2,1-3H3/t12-,13+/m0/s1. The molecule has 0 saturated carbocycles. The van der Waals surface area contributed by atoms with Crippen LogP contribution in [0.15, 0.2) is 18.2 Å². The highest BCUT2D eigenvalue weighted by Gasteiger charge is 2.53. The highest BCUT2D eigenvalue weighted by atomic mass is 35.5. The van der Waals surface area contributed by atoms with Crippen molar-refractivity contribution in [3.8, 4) is 6.07 Å². The van der Waals surface area contributed by atoms with Crippen LogP contribution >= 0.6 is 11.6 Å². The van der Waals surface area contributed by atoms with Crippen molar-refractivity contribution in [3.05, 3.63) is 28.8 Å². The van der Waals surface area contributed by atoms with Crippen molar-refractivity contribution in [3.63, 3.8) is 0 Å². The van der Waals surface area contributed by atoms with Crippen molar-refractivity contribution in [2.75, 3.05) is 18.6 Å². The van der Waals surface area contributed by atoms with Crippen LogP contribution in [0.3, 0.4) is 0 Å². The Hall–Kier alpha value is -1.61. The molecule has 0 unspecified atom stereocenters. The zero-order valence-electron chi connectivity index (χ0n) is 12.1. The molecule has 112 valence electrons. The van der Waals surface area contributed by atoms with E-state index >= 15 is 0 Å². The van der Waals surface area contributed by atoms with E-state index in [2.05, 4.69) is 0 Å². The molecule has 0 radical (unpaired) electrons. The van der Waals surface area contributed by atoms with Gasteiger partial charge in [0.05, 0.1) is 34.8 Å². The monoisotopic (exact) mass is 308 g/mol. The van der Waals surface area contributed by atoms with Gasteiger partial charge in [0.25, 0.3) is 0 Å². The second kappa shape index (κ2) is 5.64. The fourth-order valence-electron chi connectivity index (χ4n) is 2.60. The lowest BCUT2D eigenvalue weighted by Gasteiger charge is -2.26. The number of halogens is 1. The maximum absolute atomic E-state index is 12.6. The molecule has 6 heteroatoms. The van der Waals surface area contributed by atoms with E-state index in [0.29, 0.717) is 11.3 Å². The van der Waals surface area contributed by atoms with Gasteiger partial charge in [-0.1, -0.05) is 11.6 Å². The third-order valence-corrected chi connectivity index (χ3v) is 4.21. The molecule has 1 amide bonds. The van der Waals surface area contributed by atoms with E-state index in [9.17, 15) is 9.90 Å². The molecule has 1 aromatic carbocycles. The molecule has 1 aliphatic rings. The molecule has 1 aromatic rings. The maximum atomic E-state index is 12.6. The lowest BCUT2D eigenvalue weighted by Crippen LogP contribution is -2.40. The molecule has 0 aromatic heterocycles. The summed E-state index contributed by atoms with van der Waals surface area (Å²) in [7, 11) is 1.52. The molecule has 2 rings (SSSR count). The number of hydrogen-bond acceptors (Lipinski definition) is 4. The number of aliphatic hydroxyl groups excluding tert-OH is 1. The molecule has 1 fully saturated rings. The van der Waals surface area contributed by atoms with Crippen LogP contribution in [0.25, 0.3) is 0 Å². The minimum absolute atomic E-state index is 0.196. The Morgan fingerprint density at radius 2 is 2.19 bits per heavy atom. The smallest absolute Gasteiger partial charge is 0.235 e. The average Bonchev–Trinajstić information content (AvgIpc) is 2.61. The van der Waals surface area contributed by atoms with Crippen LogP contribution in [0.1, 0.15) is 19.4 Å². The Balaban J connectivity index is 2.47. The maximum Gasteiger partial charge on any atom is 0.235 e. The fraction of sp³-hybridized carbons (Fsp3) is 0.467. The average molecular weight is 309 g/mol. The van der Waals surface area contributed by atoms with E-state index in [1.165, 1.54) is 12.0 Å². The second-order valence-corrected chi connectivity index (χ2v) is 6.05. The molecular formula is C15H17ClN2O3. The third-order valence-electron chi connectivity index (χ3n) is 3.89. The predicted molar refractivity (Wildman–Crippen MR) is 79.1 cm³/mol. The summed E-state index contributed by atoms with van der Waals surface area (Å²) in [5.41, 5.74) is -0.00494. The zero-order valence-corrected chi connectivity index (χ0v) is 12.9. The van der Waals surface area contributed by atoms with E-state index in [1.54, 1.807) is 32.0 Å². The van der Waals surface area contributed by atoms with E-state index in [-0.39, 0.29) is 17.5 Å². The van der Waals surface area contributed by atoms with Gasteiger partial charge >= 0.3 is 0 Å². The van der Waals surface area contributed by atoms with Crippen molar-refractivity contribution in [2.45, 2.75) is 26.0 Å². The zero-order chi connectivity index (χ0) is 15.8. The molecule has 1 saturated heterocycles. The minimum atomic E-state index is -0.899. The molecule has 1 aliphatic heterocycles. The number of carbonyl (C=O) groups is 1. The number of rotatable bonds is 3. The number of hydrogen-bond donors (Lipinski definition) is 1. The molecule has 0 spiro atoms. The van der Waals surface area contributed by atoms with Gasteiger partial charge < -0.3 is 14.7 Å². The first-order valence-electron chi connectivity index (χ1n) is 6.55. The molecule has 0 bridgehead atoms. The SMILES string of the molecule is COC[C@H]1[C@@H](O)C(C)(C)C(=O)N1c1ccc(C#N)c(Cl)c1. The fourth-order valence-corrected chi connectivity index (χ4v) is 2.82. The summed E-state index contributed by atoms with van der Waals surface area (Å²) >= 11 is 6.03. The topological polar surface area (TPSA) is 73.6 Å². The largest absolute Gasteiger partial charge is 0.390 e. The van der Waals surface area contributed by atoms with E-state index in [0.717, 1.165) is 0 Å². The Morgan fingerprint density at radius 1 is 1.52 bits per heavy atom. The van der Waals surface area contributed by atoms with Crippen LogP contribution in [0.5, 0.6) is 0 Å². The first kappa shape index (κ1) is 15.8. The first-order valence-corrected chi connectivity index (χ1v) is 6.92. The molecule has 1 heterocycles. The number of amides is 1. The van der Waals surface area contributed by atoms with Crippen molar-refractivity contribution >= 4 is 23.2 Å². The lowest BCUT2D eigenvalue weighted by molar-refractivity contribution is -0.126. The number of methoxy groups -OCH3 is 1. The van der Waals surface area contributed by atoms with Gasteiger partial charge in [0.2, 0.25) is 5.91 Å². The highest BCUT2D eigenvalue weighted by molar-refractivity contribution is 6.32. The van der Waals surface area contributed by atoms with Crippen LogP contribution in [-0.2, 0) is 9.53 Å². The van der Waals surface area contributed by atoms with Gasteiger partial charge in [-0.05, 0) is 32.0 Å². The van der Waals surface area contributed by atoms with E-state index in [4.69, 9.17) is 21.6 Å². The number of carbonyl (C=O) groups excluding carboxylic acids is 1. The number of ether oxygens (including phenoxy) is 1. The van der Waals surface area contributed by atoms with Crippen LogP contribution in [0, 0.1) is 16.7 Å². The molecule has 1 N–H and O–H groups in total. The summed E-state index contributed by atoms with van der Waals surface area (Å²) in [6, 6.07) is 6.27. The molecule has 0 aliphatic carbocycles. The van der Waals surface area contributed by atoms with Gasteiger partial charge in [-0.2, -0.15) is 5.26 Å². The summed E-state index contributed by atoms with van der Waals surface area (Å²) in [4.78, 5) is 14.1. The first-order chi connectivity index (χ1) is 9.84. The van der Waals surface area contributed by atoms with Gasteiger partial charge in [0, 0.05) is 12.8 Å². The predicted octanol–water partition coefficient (Wildman–Crippen LogP) is 1.96. The quantitative estimate of drug-likeness (QED) is 0.926. The number of benzene rings is 1. The van der Waals surface area contributed by atoms with E-state index < -0.39 is 17.6 Å². The van der Waals surface area contributed by atoms with Crippen molar-refractivity contribution in [1.82, 2.24) is 0 Å². The summed E-state index contributed by atoms with van der Waals surface area (Å²) in [6.45, 7) is 3.62. The van der Waals surface area contributed by atoms with E-state index in [1.807, 2.05) is 6.07 Å². The number of nitrogens with zero attached hydrogens (tertiary/aromatic N) is 2. The summed E-state index contributed by atoms with van der Waals surface area (Å²) in [6.07, 6.45) is -0.848. The normalized spacial score (nSPS) is 24.2. The summed E-state index contributed by atoms with van der Waals surface area (Å²) in [5, 5.41) is 19.6. The van der Waals surface area contributed by atoms with Crippen LogP contribution in [-0.4, -0.2) is 36.9 Å².